The van der Waals surface area contributed by atoms with E-state index in [1.54, 1.807) is 46.8 Å². The van der Waals surface area contributed by atoms with Crippen LogP contribution in [0.15, 0.2) is 21.3 Å². The summed E-state index contributed by atoms with van der Waals surface area (Å²) < 4.78 is 15.7. The quantitative estimate of drug-likeness (QED) is 0.513. The van der Waals surface area contributed by atoms with Crippen LogP contribution in [-0.2, 0) is 9.53 Å². The molecule has 1 aromatic heterocycles. The van der Waals surface area contributed by atoms with Gasteiger partial charge < -0.3 is 19.2 Å². The van der Waals surface area contributed by atoms with Crippen LogP contribution in [0, 0.1) is 20.8 Å². The molecule has 0 aliphatic heterocycles. The summed E-state index contributed by atoms with van der Waals surface area (Å²) in [5.74, 6) is -0.399. The fraction of sp³-hybridized carbons (Fsp3) is 0.421. The minimum absolute atomic E-state index is 0.264. The second-order valence-corrected chi connectivity index (χ2v) is 7.03. The highest BCUT2D eigenvalue weighted by molar-refractivity contribution is 5.87. The summed E-state index contributed by atoms with van der Waals surface area (Å²) in [7, 11) is 0. The molecule has 0 atom stereocenters. The molecule has 0 aliphatic rings. The number of nitrogens with one attached hydrogen (secondary N) is 1. The maximum Gasteiger partial charge on any atom is 0.408 e. The highest BCUT2D eigenvalue weighted by Gasteiger charge is 2.18. The number of alkyl carbamates (subject to hydrolysis) is 1. The van der Waals surface area contributed by atoms with Gasteiger partial charge in [-0.25, -0.2) is 14.4 Å². The molecule has 140 valence electrons. The van der Waals surface area contributed by atoms with Gasteiger partial charge in [-0.15, -0.1) is 0 Å². The Morgan fingerprint density at radius 2 is 1.73 bits per heavy atom. The Labute approximate surface area is 151 Å². The summed E-state index contributed by atoms with van der Waals surface area (Å²) in [6.07, 6.45) is -0.707. The number of amides is 1. The van der Waals surface area contributed by atoms with Crippen molar-refractivity contribution in [1.82, 2.24) is 5.32 Å². The SMILES string of the molecule is Cc1c(C)c2ccc(OC(=O)CNC(=O)OC(C)(C)C)c(C)c2oc1=O. The Bertz CT molecular complexity index is 920. The molecule has 0 saturated heterocycles. The number of carbonyl (C=O) groups is 2. The minimum atomic E-state index is -0.707. The van der Waals surface area contributed by atoms with Gasteiger partial charge in [-0.05, 0) is 59.2 Å². The molecule has 1 amide bonds. The molecule has 0 aliphatic carbocycles. The minimum Gasteiger partial charge on any atom is -0.444 e. The molecule has 7 nitrogen and oxygen atoms in total. The number of carbonyl (C=O) groups excluding carboxylic acids is 2. The first kappa shape index (κ1) is 19.5. The van der Waals surface area contributed by atoms with Gasteiger partial charge in [-0.2, -0.15) is 0 Å². The van der Waals surface area contributed by atoms with Crippen molar-refractivity contribution in [2.45, 2.75) is 47.1 Å². The van der Waals surface area contributed by atoms with E-state index < -0.39 is 23.3 Å². The first-order valence-corrected chi connectivity index (χ1v) is 8.20. The van der Waals surface area contributed by atoms with Crippen LogP contribution in [-0.4, -0.2) is 24.2 Å². The van der Waals surface area contributed by atoms with Gasteiger partial charge in [0.05, 0.1) is 0 Å². The topological polar surface area (TPSA) is 94.8 Å². The molecule has 2 rings (SSSR count). The summed E-state index contributed by atoms with van der Waals surface area (Å²) in [4.78, 5) is 35.4. The predicted octanol–water partition coefficient (Wildman–Crippen LogP) is 3.15. The van der Waals surface area contributed by atoms with Gasteiger partial charge in [-0.3, -0.25) is 0 Å². The average molecular weight is 361 g/mol. The molecular formula is C19H23NO6. The predicted molar refractivity (Wildman–Crippen MR) is 96.6 cm³/mol. The van der Waals surface area contributed by atoms with Gasteiger partial charge in [0.15, 0.2) is 0 Å². The second kappa shape index (κ2) is 7.19. The molecule has 0 spiro atoms. The molecule has 0 saturated carbocycles. The number of hydrogen-bond acceptors (Lipinski definition) is 6. The standard InChI is InChI=1S/C19H23NO6/c1-10-11(2)17(22)25-16-12(3)14(8-7-13(10)16)24-15(21)9-20-18(23)26-19(4,5)6/h7-8H,9H2,1-6H3,(H,20,23). The Morgan fingerprint density at radius 1 is 1.08 bits per heavy atom. The first-order chi connectivity index (χ1) is 12.0. The van der Waals surface area contributed by atoms with Crippen molar-refractivity contribution in [3.05, 3.63) is 39.2 Å². The third kappa shape index (κ3) is 4.41. The Kier molecular flexibility index (Phi) is 5.39. The first-order valence-electron chi connectivity index (χ1n) is 8.20. The van der Waals surface area contributed by atoms with Gasteiger partial charge in [0.25, 0.3) is 0 Å². The van der Waals surface area contributed by atoms with E-state index in [-0.39, 0.29) is 12.3 Å². The lowest BCUT2D eigenvalue weighted by molar-refractivity contribution is -0.133. The molecule has 0 bridgehead atoms. The van der Waals surface area contributed by atoms with Crippen LogP contribution in [0.4, 0.5) is 4.79 Å². The number of hydrogen-bond donors (Lipinski definition) is 1. The number of ether oxygens (including phenoxy) is 2. The van der Waals surface area contributed by atoms with E-state index in [4.69, 9.17) is 13.9 Å². The number of aryl methyl sites for hydroxylation is 2. The highest BCUT2D eigenvalue weighted by Crippen LogP contribution is 2.29. The Hall–Kier alpha value is -2.83. The molecule has 1 N–H and O–H groups in total. The second-order valence-electron chi connectivity index (χ2n) is 7.03. The van der Waals surface area contributed by atoms with E-state index in [1.165, 1.54) is 0 Å². The van der Waals surface area contributed by atoms with Crippen LogP contribution in [0.2, 0.25) is 0 Å². The molecule has 0 radical (unpaired) electrons. The average Bonchev–Trinajstić information content (AvgIpc) is 2.52. The van der Waals surface area contributed by atoms with Crippen molar-refractivity contribution < 1.29 is 23.5 Å². The van der Waals surface area contributed by atoms with E-state index >= 15 is 0 Å². The summed E-state index contributed by atoms with van der Waals surface area (Å²) in [6.45, 7) is 10.1. The maximum absolute atomic E-state index is 12.0. The van der Waals surface area contributed by atoms with Gasteiger partial charge in [0.1, 0.15) is 23.5 Å². The number of rotatable bonds is 3. The van der Waals surface area contributed by atoms with Crippen molar-refractivity contribution >= 4 is 23.0 Å². The third-order valence-corrected chi connectivity index (χ3v) is 3.82. The molecule has 1 aromatic carbocycles. The molecule has 7 heteroatoms. The fourth-order valence-electron chi connectivity index (χ4n) is 2.35. The zero-order chi connectivity index (χ0) is 19.6. The largest absolute Gasteiger partial charge is 0.444 e. The van der Waals surface area contributed by atoms with Crippen molar-refractivity contribution in [3.8, 4) is 5.75 Å². The monoisotopic (exact) mass is 361 g/mol. The van der Waals surface area contributed by atoms with E-state index in [0.717, 1.165) is 10.9 Å². The number of fused-ring (bicyclic) bond motifs is 1. The molecule has 1 heterocycles. The smallest absolute Gasteiger partial charge is 0.408 e. The normalized spacial score (nSPS) is 11.3. The molecular weight excluding hydrogens is 338 g/mol. The summed E-state index contributed by atoms with van der Waals surface area (Å²) in [5.41, 5.74) is 1.20. The van der Waals surface area contributed by atoms with Crippen LogP contribution in [0.3, 0.4) is 0 Å². The molecule has 0 unspecified atom stereocenters. The van der Waals surface area contributed by atoms with Gasteiger partial charge in [0.2, 0.25) is 0 Å². The maximum atomic E-state index is 12.0. The van der Waals surface area contributed by atoms with Crippen molar-refractivity contribution in [2.75, 3.05) is 6.54 Å². The number of benzene rings is 1. The van der Waals surface area contributed by atoms with E-state index in [0.29, 0.717) is 16.7 Å². The van der Waals surface area contributed by atoms with E-state index in [2.05, 4.69) is 5.32 Å². The lowest BCUT2D eigenvalue weighted by Crippen LogP contribution is -2.36. The Morgan fingerprint density at radius 3 is 2.35 bits per heavy atom. The highest BCUT2D eigenvalue weighted by atomic mass is 16.6. The zero-order valence-electron chi connectivity index (χ0n) is 15.8. The summed E-state index contributed by atoms with van der Waals surface area (Å²) in [6, 6.07) is 3.37. The molecule has 26 heavy (non-hydrogen) atoms. The van der Waals surface area contributed by atoms with E-state index in [9.17, 15) is 14.4 Å². The zero-order valence-corrected chi connectivity index (χ0v) is 15.8. The fourth-order valence-corrected chi connectivity index (χ4v) is 2.35. The van der Waals surface area contributed by atoms with E-state index in [1.807, 2.05) is 6.92 Å². The van der Waals surface area contributed by atoms with Crippen LogP contribution < -0.4 is 15.7 Å². The molecule has 0 fully saturated rings. The van der Waals surface area contributed by atoms with Gasteiger partial charge in [0, 0.05) is 16.5 Å². The van der Waals surface area contributed by atoms with Crippen molar-refractivity contribution in [1.29, 1.82) is 0 Å². The van der Waals surface area contributed by atoms with Gasteiger partial charge >= 0.3 is 17.7 Å². The van der Waals surface area contributed by atoms with Crippen molar-refractivity contribution in [3.63, 3.8) is 0 Å². The molecule has 2 aromatic rings. The van der Waals surface area contributed by atoms with Crippen LogP contribution in [0.5, 0.6) is 5.75 Å². The van der Waals surface area contributed by atoms with Crippen LogP contribution >= 0.6 is 0 Å². The number of esters is 1. The lowest BCUT2D eigenvalue weighted by Gasteiger charge is -2.19. The summed E-state index contributed by atoms with van der Waals surface area (Å²) in [5, 5.41) is 3.12. The van der Waals surface area contributed by atoms with Crippen LogP contribution in [0.25, 0.3) is 11.0 Å². The van der Waals surface area contributed by atoms with Crippen LogP contribution in [0.1, 0.15) is 37.5 Å². The summed E-state index contributed by atoms with van der Waals surface area (Å²) >= 11 is 0. The van der Waals surface area contributed by atoms with Crippen molar-refractivity contribution in [2.24, 2.45) is 0 Å². The Balaban J connectivity index is 2.15. The lowest BCUT2D eigenvalue weighted by atomic mass is 10.0. The third-order valence-electron chi connectivity index (χ3n) is 3.82. The van der Waals surface area contributed by atoms with Gasteiger partial charge in [-0.1, -0.05) is 0 Å².